The van der Waals surface area contributed by atoms with Crippen LogP contribution in [0.2, 0.25) is 10.0 Å². The summed E-state index contributed by atoms with van der Waals surface area (Å²) in [5.41, 5.74) is -0.299. The summed E-state index contributed by atoms with van der Waals surface area (Å²) in [6, 6.07) is 6.54. The van der Waals surface area contributed by atoms with Crippen molar-refractivity contribution in [3.8, 4) is 0 Å². The second-order valence-corrected chi connectivity index (χ2v) is 4.93. The van der Waals surface area contributed by atoms with Gasteiger partial charge in [0.05, 0.1) is 15.7 Å². The molecule has 2 rings (SSSR count). The monoisotopic (exact) mass is 330 g/mol. The molecular weight excluding hydrogens is 321 g/mol. The van der Waals surface area contributed by atoms with Gasteiger partial charge in [0, 0.05) is 12.6 Å². The van der Waals surface area contributed by atoms with Crippen LogP contribution >= 0.6 is 23.2 Å². The number of rotatable bonds is 3. The number of anilines is 2. The molecule has 0 aliphatic carbocycles. The fourth-order valence-electron chi connectivity index (χ4n) is 1.75. The highest BCUT2D eigenvalue weighted by Gasteiger charge is 2.16. The molecule has 21 heavy (non-hydrogen) atoms. The molecule has 7 heteroatoms. The van der Waals surface area contributed by atoms with E-state index in [9.17, 15) is 13.6 Å². The van der Waals surface area contributed by atoms with Crippen LogP contribution in [-0.2, 0) is 0 Å². The van der Waals surface area contributed by atoms with Crippen LogP contribution in [-0.4, -0.2) is 13.0 Å². The lowest BCUT2D eigenvalue weighted by atomic mass is 10.1. The minimum atomic E-state index is -0.868. The van der Waals surface area contributed by atoms with Gasteiger partial charge in [-0.15, -0.1) is 0 Å². The number of hydrogen-bond acceptors (Lipinski definition) is 2. The van der Waals surface area contributed by atoms with E-state index in [4.69, 9.17) is 23.2 Å². The zero-order valence-corrected chi connectivity index (χ0v) is 12.3. The van der Waals surface area contributed by atoms with E-state index in [0.717, 1.165) is 12.1 Å². The Morgan fingerprint density at radius 2 is 1.57 bits per heavy atom. The second-order valence-electron chi connectivity index (χ2n) is 4.12. The smallest absolute Gasteiger partial charge is 0.255 e. The maximum absolute atomic E-state index is 13.6. The van der Waals surface area contributed by atoms with Crippen molar-refractivity contribution in [2.24, 2.45) is 0 Å². The Labute approximate surface area is 129 Å². The number of benzene rings is 2. The molecule has 0 unspecified atom stereocenters. The highest BCUT2D eigenvalue weighted by atomic mass is 35.5. The Hall–Kier alpha value is -1.85. The van der Waals surface area contributed by atoms with Crippen molar-refractivity contribution in [2.45, 2.75) is 0 Å². The molecule has 0 bridgehead atoms. The highest BCUT2D eigenvalue weighted by molar-refractivity contribution is 6.40. The zero-order chi connectivity index (χ0) is 15.6. The Balaban J connectivity index is 2.33. The Kier molecular flexibility index (Phi) is 4.65. The van der Waals surface area contributed by atoms with Crippen LogP contribution in [0.1, 0.15) is 10.4 Å². The molecule has 0 saturated carbocycles. The van der Waals surface area contributed by atoms with Crippen molar-refractivity contribution >= 4 is 40.5 Å². The summed E-state index contributed by atoms with van der Waals surface area (Å²) in [4.78, 5) is 12.0. The summed E-state index contributed by atoms with van der Waals surface area (Å²) >= 11 is 11.8. The van der Waals surface area contributed by atoms with Crippen molar-refractivity contribution in [3.05, 3.63) is 57.6 Å². The lowest BCUT2D eigenvalue weighted by Crippen LogP contribution is -2.14. The normalized spacial score (nSPS) is 10.3. The molecule has 0 spiro atoms. The van der Waals surface area contributed by atoms with E-state index in [0.29, 0.717) is 0 Å². The predicted molar refractivity (Wildman–Crippen MR) is 80.3 cm³/mol. The van der Waals surface area contributed by atoms with Crippen molar-refractivity contribution in [1.29, 1.82) is 0 Å². The number of para-hydroxylation sites is 1. The summed E-state index contributed by atoms with van der Waals surface area (Å²) in [5.74, 6) is -2.45. The molecule has 3 nitrogen and oxygen atoms in total. The van der Waals surface area contributed by atoms with Crippen molar-refractivity contribution in [3.63, 3.8) is 0 Å². The number of nitrogens with one attached hydrogen (secondary N) is 2. The van der Waals surface area contributed by atoms with Gasteiger partial charge in [-0.25, -0.2) is 8.78 Å². The fraction of sp³-hybridized carbons (Fsp3) is 0.0714. The molecule has 0 aromatic heterocycles. The molecular formula is C14H10Cl2F2N2O. The van der Waals surface area contributed by atoms with E-state index in [-0.39, 0.29) is 27.0 Å². The molecule has 2 aromatic rings. The molecule has 2 N–H and O–H groups in total. The average molecular weight is 331 g/mol. The first kappa shape index (κ1) is 15.5. The third kappa shape index (κ3) is 3.25. The van der Waals surface area contributed by atoms with Gasteiger partial charge in [0.1, 0.15) is 17.3 Å². The van der Waals surface area contributed by atoms with Crippen LogP contribution in [0.4, 0.5) is 20.2 Å². The van der Waals surface area contributed by atoms with Crippen LogP contribution in [0.15, 0.2) is 30.3 Å². The van der Waals surface area contributed by atoms with E-state index in [1.165, 1.54) is 19.2 Å². The Morgan fingerprint density at radius 1 is 1.05 bits per heavy atom. The van der Waals surface area contributed by atoms with Gasteiger partial charge in [0.15, 0.2) is 0 Å². The third-order valence-corrected chi connectivity index (χ3v) is 3.39. The maximum Gasteiger partial charge on any atom is 0.255 e. The molecule has 110 valence electrons. The summed E-state index contributed by atoms with van der Waals surface area (Å²) in [7, 11) is 1.38. The molecule has 2 aromatic carbocycles. The topological polar surface area (TPSA) is 41.1 Å². The van der Waals surface area contributed by atoms with Gasteiger partial charge < -0.3 is 10.6 Å². The van der Waals surface area contributed by atoms with E-state index in [2.05, 4.69) is 10.6 Å². The second kappa shape index (κ2) is 6.28. The number of amides is 1. The van der Waals surface area contributed by atoms with Crippen LogP contribution in [0.3, 0.4) is 0 Å². The number of hydrogen-bond donors (Lipinski definition) is 2. The first-order valence-electron chi connectivity index (χ1n) is 5.86. The third-order valence-electron chi connectivity index (χ3n) is 2.76. The van der Waals surface area contributed by atoms with Crippen molar-refractivity contribution in [2.75, 3.05) is 17.7 Å². The maximum atomic E-state index is 13.6. The van der Waals surface area contributed by atoms with Crippen LogP contribution in [0.25, 0.3) is 0 Å². The van der Waals surface area contributed by atoms with Gasteiger partial charge in [-0.3, -0.25) is 4.79 Å². The van der Waals surface area contributed by atoms with Crippen molar-refractivity contribution in [1.82, 2.24) is 0 Å². The van der Waals surface area contributed by atoms with Gasteiger partial charge in [-0.1, -0.05) is 29.3 Å². The lowest BCUT2D eigenvalue weighted by molar-refractivity contribution is 0.102. The highest BCUT2D eigenvalue weighted by Crippen LogP contribution is 2.30. The van der Waals surface area contributed by atoms with Crippen molar-refractivity contribution < 1.29 is 13.6 Å². The minimum Gasteiger partial charge on any atom is -0.383 e. The number of halogens is 4. The average Bonchev–Trinajstić information content (AvgIpc) is 2.42. The van der Waals surface area contributed by atoms with Gasteiger partial charge in [0.2, 0.25) is 0 Å². The SMILES string of the molecule is CNc1c(F)cc(C(=O)Nc2c(Cl)cccc2Cl)cc1F. The molecule has 0 fully saturated rings. The molecule has 0 heterocycles. The minimum absolute atomic E-state index is 0.181. The lowest BCUT2D eigenvalue weighted by Gasteiger charge is -2.10. The zero-order valence-electron chi connectivity index (χ0n) is 10.8. The van der Waals surface area contributed by atoms with E-state index >= 15 is 0 Å². The summed E-state index contributed by atoms with van der Waals surface area (Å²) in [6.45, 7) is 0. The standard InChI is InChI=1S/C14H10Cl2F2N2O/c1-19-13-10(17)5-7(6-11(13)18)14(21)20-12-8(15)3-2-4-9(12)16/h2-6,19H,1H3,(H,20,21). The first-order chi connectivity index (χ1) is 9.93. The summed E-state index contributed by atoms with van der Waals surface area (Å²) < 4.78 is 27.3. The Morgan fingerprint density at radius 3 is 2.05 bits per heavy atom. The number of carbonyl (C=O) groups is 1. The quantitative estimate of drug-likeness (QED) is 0.865. The van der Waals surface area contributed by atoms with Gasteiger partial charge in [-0.2, -0.15) is 0 Å². The van der Waals surface area contributed by atoms with E-state index in [1.807, 2.05) is 0 Å². The van der Waals surface area contributed by atoms with Crippen LogP contribution in [0, 0.1) is 11.6 Å². The van der Waals surface area contributed by atoms with E-state index < -0.39 is 17.5 Å². The van der Waals surface area contributed by atoms with Gasteiger partial charge >= 0.3 is 0 Å². The van der Waals surface area contributed by atoms with Gasteiger partial charge in [-0.05, 0) is 24.3 Å². The van der Waals surface area contributed by atoms with Crippen LogP contribution in [0.5, 0.6) is 0 Å². The molecule has 0 aliphatic rings. The van der Waals surface area contributed by atoms with Crippen LogP contribution < -0.4 is 10.6 Å². The fourth-order valence-corrected chi connectivity index (χ4v) is 2.24. The molecule has 1 amide bonds. The largest absolute Gasteiger partial charge is 0.383 e. The number of carbonyl (C=O) groups excluding carboxylic acids is 1. The van der Waals surface area contributed by atoms with E-state index in [1.54, 1.807) is 6.07 Å². The Bertz CT molecular complexity index is 664. The predicted octanol–water partition coefficient (Wildman–Crippen LogP) is 4.57. The molecule has 0 radical (unpaired) electrons. The summed E-state index contributed by atoms with van der Waals surface area (Å²) in [5, 5.41) is 5.25. The van der Waals surface area contributed by atoms with Gasteiger partial charge in [0.25, 0.3) is 5.91 Å². The molecule has 0 atom stereocenters. The first-order valence-corrected chi connectivity index (χ1v) is 6.61. The molecule has 0 saturated heterocycles. The summed E-state index contributed by atoms with van der Waals surface area (Å²) in [6.07, 6.45) is 0. The molecule has 0 aliphatic heterocycles.